The first-order chi connectivity index (χ1) is 11.5. The second-order valence-corrected chi connectivity index (χ2v) is 7.13. The van der Waals surface area contributed by atoms with Gasteiger partial charge in [-0.1, -0.05) is 18.2 Å². The highest BCUT2D eigenvalue weighted by molar-refractivity contribution is 7.12. The van der Waals surface area contributed by atoms with E-state index in [1.165, 1.54) is 0 Å². The van der Waals surface area contributed by atoms with Crippen LogP contribution < -0.4 is 0 Å². The predicted molar refractivity (Wildman–Crippen MR) is 96.0 cm³/mol. The zero-order valence-electron chi connectivity index (χ0n) is 14.0. The molecule has 0 aliphatic heterocycles. The molecule has 124 valence electrons. The molecule has 1 aromatic carbocycles. The molecular formula is C19H19NO3S. The van der Waals surface area contributed by atoms with Gasteiger partial charge in [-0.2, -0.15) is 0 Å². The minimum atomic E-state index is -0.462. The average Bonchev–Trinajstić information content (AvgIpc) is 3.12. The molecule has 0 aliphatic carbocycles. The Labute approximate surface area is 144 Å². The third-order valence-electron chi connectivity index (χ3n) is 4.02. The lowest BCUT2D eigenvalue weighted by Gasteiger charge is -2.03. The summed E-state index contributed by atoms with van der Waals surface area (Å²) < 4.78 is 7.28. The molecule has 0 saturated heterocycles. The minimum absolute atomic E-state index is 0.163. The monoisotopic (exact) mass is 341 g/mol. The number of aryl methyl sites for hydroxylation is 3. The maximum atomic E-state index is 12.4. The highest BCUT2D eigenvalue weighted by atomic mass is 32.1. The van der Waals surface area contributed by atoms with Gasteiger partial charge in [0.1, 0.15) is 0 Å². The van der Waals surface area contributed by atoms with Crippen LogP contribution in [0.1, 0.15) is 37.4 Å². The molecule has 0 fully saturated rings. The molecule has 3 rings (SSSR count). The van der Waals surface area contributed by atoms with Crippen molar-refractivity contribution in [2.45, 2.75) is 27.3 Å². The first kappa shape index (κ1) is 16.5. The number of carbonyl (C=O) groups excluding carboxylic acids is 2. The lowest BCUT2D eigenvalue weighted by atomic mass is 10.1. The van der Waals surface area contributed by atoms with Gasteiger partial charge in [-0.3, -0.25) is 4.79 Å². The molecule has 0 saturated carbocycles. The van der Waals surface area contributed by atoms with Gasteiger partial charge >= 0.3 is 5.97 Å². The van der Waals surface area contributed by atoms with E-state index in [4.69, 9.17) is 4.74 Å². The van der Waals surface area contributed by atoms with Gasteiger partial charge in [-0.15, -0.1) is 11.3 Å². The summed E-state index contributed by atoms with van der Waals surface area (Å²) in [7, 11) is 0. The molecule has 0 aliphatic rings. The number of aromatic nitrogens is 1. The number of ether oxygens (including phenoxy) is 1. The third-order valence-corrected chi connectivity index (χ3v) is 4.99. The maximum absolute atomic E-state index is 12.4. The summed E-state index contributed by atoms with van der Waals surface area (Å²) in [5.41, 5.74) is 2.13. The quantitative estimate of drug-likeness (QED) is 0.511. The van der Waals surface area contributed by atoms with Crippen LogP contribution in [0.3, 0.4) is 0 Å². The van der Waals surface area contributed by atoms with Crippen molar-refractivity contribution in [3.05, 3.63) is 57.4 Å². The Morgan fingerprint density at radius 1 is 1.17 bits per heavy atom. The van der Waals surface area contributed by atoms with Crippen molar-refractivity contribution in [3.63, 3.8) is 0 Å². The fourth-order valence-corrected chi connectivity index (χ4v) is 3.81. The van der Waals surface area contributed by atoms with E-state index in [2.05, 4.69) is 0 Å². The Hall–Kier alpha value is -2.40. The van der Waals surface area contributed by atoms with Gasteiger partial charge in [-0.25, -0.2) is 4.79 Å². The molecule has 0 spiro atoms. The number of hydrogen-bond donors (Lipinski definition) is 0. The molecule has 5 heteroatoms. The first-order valence-electron chi connectivity index (χ1n) is 7.86. The van der Waals surface area contributed by atoms with Crippen LogP contribution in [-0.2, 0) is 11.3 Å². The van der Waals surface area contributed by atoms with E-state index in [1.54, 1.807) is 17.5 Å². The topological polar surface area (TPSA) is 48.3 Å². The molecule has 4 nitrogen and oxygen atoms in total. The zero-order valence-corrected chi connectivity index (χ0v) is 14.8. The molecule has 0 unspecified atom stereocenters. The van der Waals surface area contributed by atoms with Gasteiger partial charge in [0.05, 0.1) is 5.56 Å². The molecule has 0 atom stereocenters. The van der Waals surface area contributed by atoms with Gasteiger partial charge in [0.25, 0.3) is 0 Å². The number of benzene rings is 1. The normalized spacial score (nSPS) is 11.0. The number of ketones is 1. The highest BCUT2D eigenvalue weighted by Crippen LogP contribution is 2.23. The second kappa shape index (κ2) is 6.61. The standard InChI is InChI=1S/C19H19NO3S/c1-4-20-10-16(14-7-5-6-8-17(14)20)19(22)23-11-18(21)15-9-12(2)24-13(15)3/h5-10H,4,11H2,1-3H3. The summed E-state index contributed by atoms with van der Waals surface area (Å²) >= 11 is 1.57. The molecule has 0 radical (unpaired) electrons. The molecule has 2 heterocycles. The molecule has 24 heavy (non-hydrogen) atoms. The zero-order chi connectivity index (χ0) is 17.3. The molecular weight excluding hydrogens is 322 g/mol. The Kier molecular flexibility index (Phi) is 4.53. The van der Waals surface area contributed by atoms with E-state index in [0.717, 1.165) is 27.2 Å². The van der Waals surface area contributed by atoms with Crippen LogP contribution in [-0.4, -0.2) is 22.9 Å². The van der Waals surface area contributed by atoms with Crippen molar-refractivity contribution in [3.8, 4) is 0 Å². The van der Waals surface area contributed by atoms with E-state index >= 15 is 0 Å². The number of rotatable bonds is 5. The van der Waals surface area contributed by atoms with Crippen LogP contribution in [0.15, 0.2) is 36.5 Å². The number of para-hydroxylation sites is 1. The van der Waals surface area contributed by atoms with E-state index < -0.39 is 5.97 Å². The lowest BCUT2D eigenvalue weighted by molar-refractivity contribution is 0.0476. The Bertz CT molecular complexity index is 920. The number of esters is 1. The van der Waals surface area contributed by atoms with E-state index in [-0.39, 0.29) is 12.4 Å². The van der Waals surface area contributed by atoms with E-state index in [0.29, 0.717) is 11.1 Å². The summed E-state index contributed by atoms with van der Waals surface area (Å²) in [4.78, 5) is 26.7. The smallest absolute Gasteiger partial charge is 0.340 e. The summed E-state index contributed by atoms with van der Waals surface area (Å²) in [6.45, 7) is 6.41. The van der Waals surface area contributed by atoms with E-state index in [9.17, 15) is 9.59 Å². The summed E-state index contributed by atoms with van der Waals surface area (Å²) in [6.07, 6.45) is 1.79. The number of thiophene rings is 1. The summed E-state index contributed by atoms with van der Waals surface area (Å²) in [6, 6.07) is 9.54. The van der Waals surface area contributed by atoms with Gasteiger partial charge in [0.15, 0.2) is 6.61 Å². The number of fused-ring (bicyclic) bond motifs is 1. The predicted octanol–water partition coefficient (Wildman–Crippen LogP) is 4.38. The maximum Gasteiger partial charge on any atom is 0.340 e. The van der Waals surface area contributed by atoms with Crippen molar-refractivity contribution in [2.75, 3.05) is 6.61 Å². The van der Waals surface area contributed by atoms with Gasteiger partial charge in [-0.05, 0) is 32.9 Å². The molecule has 0 amide bonds. The van der Waals surface area contributed by atoms with Crippen LogP contribution in [0.25, 0.3) is 10.9 Å². The Morgan fingerprint density at radius 3 is 2.58 bits per heavy atom. The van der Waals surface area contributed by atoms with E-state index in [1.807, 2.05) is 55.7 Å². The van der Waals surface area contributed by atoms with Crippen molar-refractivity contribution >= 4 is 34.0 Å². The minimum Gasteiger partial charge on any atom is -0.454 e. The number of nitrogens with zero attached hydrogens (tertiary/aromatic N) is 1. The van der Waals surface area contributed by atoms with Crippen molar-refractivity contribution < 1.29 is 14.3 Å². The fourth-order valence-electron chi connectivity index (χ4n) is 2.87. The number of Topliss-reactive ketones (excluding diaryl/α,β-unsaturated/α-hetero) is 1. The second-order valence-electron chi connectivity index (χ2n) is 5.67. The fraction of sp³-hybridized carbons (Fsp3) is 0.263. The Morgan fingerprint density at radius 2 is 1.92 bits per heavy atom. The van der Waals surface area contributed by atoms with Gasteiger partial charge in [0, 0.05) is 39.0 Å². The molecule has 2 aromatic heterocycles. The average molecular weight is 341 g/mol. The van der Waals surface area contributed by atoms with Crippen LogP contribution >= 0.6 is 11.3 Å². The van der Waals surface area contributed by atoms with Crippen LogP contribution in [0, 0.1) is 13.8 Å². The third kappa shape index (κ3) is 2.99. The van der Waals surface area contributed by atoms with Gasteiger partial charge in [0.2, 0.25) is 5.78 Å². The number of carbonyl (C=O) groups is 2. The summed E-state index contributed by atoms with van der Waals surface area (Å²) in [5.74, 6) is -0.624. The lowest BCUT2D eigenvalue weighted by Crippen LogP contribution is -2.14. The van der Waals surface area contributed by atoms with Crippen molar-refractivity contribution in [2.24, 2.45) is 0 Å². The molecule has 0 bridgehead atoms. The largest absolute Gasteiger partial charge is 0.454 e. The number of hydrogen-bond acceptors (Lipinski definition) is 4. The Balaban J connectivity index is 1.78. The SMILES string of the molecule is CCn1cc(C(=O)OCC(=O)c2cc(C)sc2C)c2ccccc21. The van der Waals surface area contributed by atoms with Crippen LogP contribution in [0.4, 0.5) is 0 Å². The van der Waals surface area contributed by atoms with Crippen molar-refractivity contribution in [1.29, 1.82) is 0 Å². The highest BCUT2D eigenvalue weighted by Gasteiger charge is 2.18. The van der Waals surface area contributed by atoms with Crippen LogP contribution in [0.2, 0.25) is 0 Å². The van der Waals surface area contributed by atoms with Gasteiger partial charge < -0.3 is 9.30 Å². The van der Waals surface area contributed by atoms with Crippen LogP contribution in [0.5, 0.6) is 0 Å². The first-order valence-corrected chi connectivity index (χ1v) is 8.68. The summed E-state index contributed by atoms with van der Waals surface area (Å²) in [5, 5.41) is 0.847. The van der Waals surface area contributed by atoms with Crippen molar-refractivity contribution in [1.82, 2.24) is 4.57 Å². The molecule has 0 N–H and O–H groups in total. The molecule has 3 aromatic rings.